The summed E-state index contributed by atoms with van der Waals surface area (Å²) in [7, 11) is 0. The van der Waals surface area contributed by atoms with Gasteiger partial charge < -0.3 is 0 Å². The van der Waals surface area contributed by atoms with Gasteiger partial charge in [-0.25, -0.2) is 9.97 Å². The van der Waals surface area contributed by atoms with E-state index in [-0.39, 0.29) is 0 Å². The van der Waals surface area contributed by atoms with E-state index in [1.54, 1.807) is 0 Å². The maximum Gasteiger partial charge on any atom is 0.159 e. The molecular formula is C31H50N2. The highest BCUT2D eigenvalue weighted by Gasteiger charge is 2.03. The predicted octanol–water partition coefficient (Wildman–Crippen LogP) is 9.90. The predicted molar refractivity (Wildman–Crippen MR) is 145 cm³/mol. The number of benzene rings is 1. The highest BCUT2D eigenvalue weighted by molar-refractivity contribution is 5.55. The fourth-order valence-corrected chi connectivity index (χ4v) is 4.56. The molecule has 0 saturated carbocycles. The Morgan fingerprint density at radius 1 is 0.455 bits per heavy atom. The Bertz CT molecular complexity index is 690. The summed E-state index contributed by atoms with van der Waals surface area (Å²) in [6, 6.07) is 8.89. The zero-order valence-electron chi connectivity index (χ0n) is 21.8. The number of rotatable bonds is 20. The number of aromatic nitrogens is 2. The zero-order valence-corrected chi connectivity index (χ0v) is 21.8. The van der Waals surface area contributed by atoms with Crippen molar-refractivity contribution in [3.05, 3.63) is 47.8 Å². The molecule has 2 nitrogen and oxygen atoms in total. The molecule has 0 bridgehead atoms. The topological polar surface area (TPSA) is 25.8 Å². The first-order valence-corrected chi connectivity index (χ1v) is 14.2. The Morgan fingerprint density at radius 3 is 1.30 bits per heavy atom. The van der Waals surface area contributed by atoms with Gasteiger partial charge in [0, 0.05) is 18.0 Å². The van der Waals surface area contributed by atoms with Crippen LogP contribution < -0.4 is 0 Å². The molecule has 0 fully saturated rings. The van der Waals surface area contributed by atoms with E-state index in [2.05, 4.69) is 48.1 Å². The SMILES string of the molecule is CCCCCCCCCCCCc1cnc(-c2ccc(CCCCCCCCC)cc2)nc1. The summed E-state index contributed by atoms with van der Waals surface area (Å²) >= 11 is 0. The third-order valence-electron chi connectivity index (χ3n) is 6.81. The number of hydrogen-bond donors (Lipinski definition) is 0. The summed E-state index contributed by atoms with van der Waals surface area (Å²) in [4.78, 5) is 9.28. The van der Waals surface area contributed by atoms with Crippen molar-refractivity contribution in [3.63, 3.8) is 0 Å². The summed E-state index contributed by atoms with van der Waals surface area (Å²) in [5.41, 5.74) is 3.84. The molecule has 0 atom stereocenters. The van der Waals surface area contributed by atoms with E-state index in [1.165, 1.54) is 127 Å². The van der Waals surface area contributed by atoms with Crippen molar-refractivity contribution in [2.75, 3.05) is 0 Å². The molecule has 0 aliphatic carbocycles. The van der Waals surface area contributed by atoms with E-state index in [0.29, 0.717) is 0 Å². The van der Waals surface area contributed by atoms with Crippen molar-refractivity contribution in [3.8, 4) is 11.4 Å². The van der Waals surface area contributed by atoms with Gasteiger partial charge in [0.15, 0.2) is 5.82 Å². The lowest BCUT2D eigenvalue weighted by atomic mass is 10.0. The minimum absolute atomic E-state index is 0.851. The Balaban J connectivity index is 1.58. The van der Waals surface area contributed by atoms with Crippen LogP contribution in [0.15, 0.2) is 36.7 Å². The smallest absolute Gasteiger partial charge is 0.159 e. The van der Waals surface area contributed by atoms with E-state index in [0.717, 1.165) is 17.8 Å². The molecule has 2 aromatic rings. The van der Waals surface area contributed by atoms with Crippen molar-refractivity contribution < 1.29 is 0 Å². The van der Waals surface area contributed by atoms with E-state index in [1.807, 2.05) is 12.4 Å². The largest absolute Gasteiger partial charge is 0.236 e. The standard InChI is InChI=1S/C31H50N2/c1-3-5-7-9-11-12-13-15-17-19-21-29-26-32-31(33-27-29)30-24-22-28(23-25-30)20-18-16-14-10-8-6-4-2/h22-27H,3-21H2,1-2H3. The molecule has 2 heteroatoms. The summed E-state index contributed by atoms with van der Waals surface area (Å²) in [5, 5.41) is 0. The number of unbranched alkanes of at least 4 members (excludes halogenated alkanes) is 15. The van der Waals surface area contributed by atoms with Gasteiger partial charge in [0.25, 0.3) is 0 Å². The Hall–Kier alpha value is -1.70. The molecule has 0 amide bonds. The maximum absolute atomic E-state index is 4.64. The first-order valence-electron chi connectivity index (χ1n) is 14.2. The Kier molecular flexibility index (Phi) is 15.6. The molecule has 1 heterocycles. The average Bonchev–Trinajstić information content (AvgIpc) is 2.85. The van der Waals surface area contributed by atoms with Gasteiger partial charge in [-0.1, -0.05) is 134 Å². The first-order chi connectivity index (χ1) is 16.3. The van der Waals surface area contributed by atoms with Crippen molar-refractivity contribution in [2.45, 2.75) is 136 Å². The van der Waals surface area contributed by atoms with Crippen LogP contribution in [0.4, 0.5) is 0 Å². The van der Waals surface area contributed by atoms with Crippen molar-refractivity contribution in [2.24, 2.45) is 0 Å². The van der Waals surface area contributed by atoms with Gasteiger partial charge in [-0.15, -0.1) is 0 Å². The summed E-state index contributed by atoms with van der Waals surface area (Å²) in [6.45, 7) is 4.57. The van der Waals surface area contributed by atoms with Gasteiger partial charge in [-0.05, 0) is 36.8 Å². The van der Waals surface area contributed by atoms with Gasteiger partial charge in [0.1, 0.15) is 0 Å². The van der Waals surface area contributed by atoms with Gasteiger partial charge in [0.05, 0.1) is 0 Å². The van der Waals surface area contributed by atoms with E-state index in [9.17, 15) is 0 Å². The highest BCUT2D eigenvalue weighted by atomic mass is 14.9. The fourth-order valence-electron chi connectivity index (χ4n) is 4.56. The Labute approximate surface area is 205 Å². The van der Waals surface area contributed by atoms with Gasteiger partial charge in [-0.3, -0.25) is 0 Å². The van der Waals surface area contributed by atoms with Crippen LogP contribution in [0.1, 0.15) is 134 Å². The third-order valence-corrected chi connectivity index (χ3v) is 6.81. The molecule has 2 rings (SSSR count). The van der Waals surface area contributed by atoms with Crippen molar-refractivity contribution in [1.82, 2.24) is 9.97 Å². The van der Waals surface area contributed by atoms with Gasteiger partial charge in [-0.2, -0.15) is 0 Å². The summed E-state index contributed by atoms with van der Waals surface area (Å²) < 4.78 is 0. The third kappa shape index (κ3) is 12.9. The second kappa shape index (κ2) is 18.7. The van der Waals surface area contributed by atoms with E-state index < -0.39 is 0 Å². The van der Waals surface area contributed by atoms with Crippen LogP contribution in [0.5, 0.6) is 0 Å². The lowest BCUT2D eigenvalue weighted by Crippen LogP contribution is -1.94. The minimum Gasteiger partial charge on any atom is -0.236 e. The molecule has 184 valence electrons. The zero-order chi connectivity index (χ0) is 23.4. The molecule has 0 spiro atoms. The highest BCUT2D eigenvalue weighted by Crippen LogP contribution is 2.18. The molecule has 0 N–H and O–H groups in total. The quantitative estimate of drug-likeness (QED) is 0.187. The molecule has 33 heavy (non-hydrogen) atoms. The van der Waals surface area contributed by atoms with Gasteiger partial charge in [0.2, 0.25) is 0 Å². The van der Waals surface area contributed by atoms with Crippen LogP contribution in [0.2, 0.25) is 0 Å². The molecule has 0 aliphatic rings. The lowest BCUT2D eigenvalue weighted by molar-refractivity contribution is 0.556. The number of hydrogen-bond acceptors (Lipinski definition) is 2. The van der Waals surface area contributed by atoms with Crippen LogP contribution in [0.25, 0.3) is 11.4 Å². The molecule has 0 unspecified atom stereocenters. The molecule has 0 aliphatic heterocycles. The first kappa shape index (κ1) is 27.5. The van der Waals surface area contributed by atoms with Crippen molar-refractivity contribution >= 4 is 0 Å². The molecule has 0 saturated heterocycles. The van der Waals surface area contributed by atoms with Gasteiger partial charge >= 0.3 is 0 Å². The second-order valence-electron chi connectivity index (χ2n) is 9.92. The number of aryl methyl sites for hydroxylation is 2. The fraction of sp³-hybridized carbons (Fsp3) is 0.677. The van der Waals surface area contributed by atoms with Crippen LogP contribution >= 0.6 is 0 Å². The maximum atomic E-state index is 4.64. The summed E-state index contributed by atoms with van der Waals surface area (Å²) in [5.74, 6) is 0.851. The lowest BCUT2D eigenvalue weighted by Gasteiger charge is -2.06. The van der Waals surface area contributed by atoms with Crippen LogP contribution in [0.3, 0.4) is 0 Å². The van der Waals surface area contributed by atoms with Crippen LogP contribution in [0, 0.1) is 0 Å². The second-order valence-corrected chi connectivity index (χ2v) is 9.92. The monoisotopic (exact) mass is 450 g/mol. The van der Waals surface area contributed by atoms with E-state index in [4.69, 9.17) is 0 Å². The van der Waals surface area contributed by atoms with Crippen LogP contribution in [-0.4, -0.2) is 9.97 Å². The average molecular weight is 451 g/mol. The molecule has 1 aromatic heterocycles. The Morgan fingerprint density at radius 2 is 0.848 bits per heavy atom. The minimum atomic E-state index is 0.851. The number of nitrogens with zero attached hydrogens (tertiary/aromatic N) is 2. The normalized spacial score (nSPS) is 11.2. The molecule has 1 aromatic carbocycles. The van der Waals surface area contributed by atoms with Crippen LogP contribution in [-0.2, 0) is 12.8 Å². The van der Waals surface area contributed by atoms with Crippen molar-refractivity contribution in [1.29, 1.82) is 0 Å². The van der Waals surface area contributed by atoms with E-state index >= 15 is 0 Å². The molecular weight excluding hydrogens is 400 g/mol. The molecule has 0 radical (unpaired) electrons. The summed E-state index contributed by atoms with van der Waals surface area (Å²) in [6.07, 6.45) is 29.7.